The zero-order valence-electron chi connectivity index (χ0n) is 13.2. The SMILES string of the molecule is CCc1ccc(CC2(O)C3(C)CCC(C3)C2(C)C)nc1. The van der Waals surface area contributed by atoms with Gasteiger partial charge in [-0.3, -0.25) is 4.98 Å². The highest BCUT2D eigenvalue weighted by molar-refractivity contribution is 5.23. The predicted molar refractivity (Wildman–Crippen MR) is 81.5 cm³/mol. The lowest BCUT2D eigenvalue weighted by molar-refractivity contribution is -0.142. The molecule has 1 aromatic rings. The average molecular weight is 273 g/mol. The van der Waals surface area contributed by atoms with Crippen LogP contribution in [0.3, 0.4) is 0 Å². The predicted octanol–water partition coefficient (Wildman–Crippen LogP) is 3.76. The van der Waals surface area contributed by atoms with E-state index in [-0.39, 0.29) is 10.8 Å². The summed E-state index contributed by atoms with van der Waals surface area (Å²) in [6.45, 7) is 8.93. The van der Waals surface area contributed by atoms with Crippen LogP contribution in [0.5, 0.6) is 0 Å². The van der Waals surface area contributed by atoms with Gasteiger partial charge in [0.25, 0.3) is 0 Å². The van der Waals surface area contributed by atoms with Crippen molar-refractivity contribution in [3.8, 4) is 0 Å². The van der Waals surface area contributed by atoms with E-state index in [4.69, 9.17) is 0 Å². The molecule has 110 valence electrons. The number of aromatic nitrogens is 1. The Kier molecular flexibility index (Phi) is 3.02. The molecule has 1 heterocycles. The number of pyridine rings is 1. The normalized spacial score (nSPS) is 38.4. The first-order chi connectivity index (χ1) is 9.32. The van der Waals surface area contributed by atoms with Gasteiger partial charge in [0.15, 0.2) is 0 Å². The van der Waals surface area contributed by atoms with Gasteiger partial charge in [-0.25, -0.2) is 0 Å². The number of aryl methyl sites for hydroxylation is 1. The standard InChI is InChI=1S/C18H27NO/c1-5-13-6-7-15(19-12-13)11-18(20)16(2,3)14-8-9-17(18,4)10-14/h6-7,12,14,20H,5,8-11H2,1-4H3. The van der Waals surface area contributed by atoms with Gasteiger partial charge in [-0.1, -0.05) is 33.8 Å². The Hall–Kier alpha value is -0.890. The van der Waals surface area contributed by atoms with E-state index in [9.17, 15) is 5.11 Å². The second-order valence-electron chi connectivity index (χ2n) is 7.77. The third kappa shape index (κ3) is 1.70. The van der Waals surface area contributed by atoms with E-state index < -0.39 is 5.60 Å². The Morgan fingerprint density at radius 2 is 2.05 bits per heavy atom. The van der Waals surface area contributed by atoms with Crippen molar-refractivity contribution in [2.45, 2.75) is 65.4 Å². The van der Waals surface area contributed by atoms with Crippen LogP contribution in [0.1, 0.15) is 58.2 Å². The number of hydrogen-bond donors (Lipinski definition) is 1. The highest BCUT2D eigenvalue weighted by Crippen LogP contribution is 2.68. The van der Waals surface area contributed by atoms with E-state index in [1.165, 1.54) is 18.4 Å². The summed E-state index contributed by atoms with van der Waals surface area (Å²) >= 11 is 0. The maximum Gasteiger partial charge on any atom is 0.0809 e. The van der Waals surface area contributed by atoms with Crippen LogP contribution in [-0.4, -0.2) is 15.7 Å². The van der Waals surface area contributed by atoms with E-state index in [1.54, 1.807) is 0 Å². The molecule has 0 radical (unpaired) electrons. The van der Waals surface area contributed by atoms with Crippen LogP contribution < -0.4 is 0 Å². The molecule has 1 aromatic heterocycles. The average Bonchev–Trinajstić information content (AvgIpc) is 2.88. The van der Waals surface area contributed by atoms with Crippen molar-refractivity contribution in [3.05, 3.63) is 29.6 Å². The Labute approximate surface area is 122 Å². The summed E-state index contributed by atoms with van der Waals surface area (Å²) in [6, 6.07) is 4.25. The number of hydrogen-bond acceptors (Lipinski definition) is 2. The fourth-order valence-electron chi connectivity index (χ4n) is 4.82. The van der Waals surface area contributed by atoms with Gasteiger partial charge >= 0.3 is 0 Å². The molecule has 2 saturated carbocycles. The molecule has 20 heavy (non-hydrogen) atoms. The lowest BCUT2D eigenvalue weighted by atomic mass is 9.59. The number of fused-ring (bicyclic) bond motifs is 2. The second-order valence-corrected chi connectivity index (χ2v) is 7.77. The van der Waals surface area contributed by atoms with Crippen molar-refractivity contribution >= 4 is 0 Å². The smallest absolute Gasteiger partial charge is 0.0809 e. The lowest BCUT2D eigenvalue weighted by Crippen LogP contribution is -2.55. The van der Waals surface area contributed by atoms with Crippen molar-refractivity contribution < 1.29 is 5.11 Å². The fourth-order valence-corrected chi connectivity index (χ4v) is 4.82. The molecule has 2 bridgehead atoms. The second kappa shape index (κ2) is 4.30. The zero-order valence-corrected chi connectivity index (χ0v) is 13.2. The maximum absolute atomic E-state index is 11.5. The molecule has 0 aliphatic heterocycles. The minimum Gasteiger partial charge on any atom is -0.388 e. The third-order valence-electron chi connectivity index (χ3n) is 6.56. The fraction of sp³-hybridized carbons (Fsp3) is 0.722. The van der Waals surface area contributed by atoms with Gasteiger partial charge in [0.05, 0.1) is 5.60 Å². The van der Waals surface area contributed by atoms with Crippen molar-refractivity contribution in [2.24, 2.45) is 16.7 Å². The van der Waals surface area contributed by atoms with Crippen LogP contribution in [0, 0.1) is 16.7 Å². The molecule has 3 rings (SSSR count). The summed E-state index contributed by atoms with van der Waals surface area (Å²) in [6.07, 6.45) is 7.27. The summed E-state index contributed by atoms with van der Waals surface area (Å²) in [5, 5.41) is 11.5. The van der Waals surface area contributed by atoms with Gasteiger partial charge in [-0.2, -0.15) is 0 Å². The third-order valence-corrected chi connectivity index (χ3v) is 6.56. The van der Waals surface area contributed by atoms with Crippen molar-refractivity contribution in [3.63, 3.8) is 0 Å². The van der Waals surface area contributed by atoms with Crippen LogP contribution in [0.4, 0.5) is 0 Å². The molecule has 2 fully saturated rings. The van der Waals surface area contributed by atoms with Gasteiger partial charge in [0.1, 0.15) is 0 Å². The first-order valence-electron chi connectivity index (χ1n) is 7.98. The highest BCUT2D eigenvalue weighted by Gasteiger charge is 2.68. The van der Waals surface area contributed by atoms with E-state index in [2.05, 4.69) is 44.8 Å². The number of rotatable bonds is 3. The first-order valence-corrected chi connectivity index (χ1v) is 7.98. The molecule has 1 N–H and O–H groups in total. The lowest BCUT2D eigenvalue weighted by Gasteiger charge is -2.50. The Balaban J connectivity index is 1.91. The molecular weight excluding hydrogens is 246 g/mol. The number of nitrogens with zero attached hydrogens (tertiary/aromatic N) is 1. The summed E-state index contributed by atoms with van der Waals surface area (Å²) in [7, 11) is 0. The molecule has 2 aliphatic carbocycles. The summed E-state index contributed by atoms with van der Waals surface area (Å²) < 4.78 is 0. The Morgan fingerprint density at radius 3 is 2.55 bits per heavy atom. The Morgan fingerprint density at radius 1 is 1.30 bits per heavy atom. The van der Waals surface area contributed by atoms with E-state index in [1.807, 2.05) is 6.20 Å². The van der Waals surface area contributed by atoms with Crippen LogP contribution in [-0.2, 0) is 12.8 Å². The molecule has 2 aliphatic rings. The van der Waals surface area contributed by atoms with Crippen molar-refractivity contribution in [2.75, 3.05) is 0 Å². The van der Waals surface area contributed by atoms with Crippen LogP contribution >= 0.6 is 0 Å². The molecule has 0 spiro atoms. The largest absolute Gasteiger partial charge is 0.388 e. The van der Waals surface area contributed by atoms with Gasteiger partial charge in [0, 0.05) is 18.3 Å². The molecule has 0 saturated heterocycles. The zero-order chi connectivity index (χ0) is 14.6. The van der Waals surface area contributed by atoms with E-state index >= 15 is 0 Å². The van der Waals surface area contributed by atoms with Crippen LogP contribution in [0.2, 0.25) is 0 Å². The minimum absolute atomic E-state index is 0.00882. The molecule has 0 aromatic carbocycles. The van der Waals surface area contributed by atoms with E-state index in [0.29, 0.717) is 12.3 Å². The summed E-state index contributed by atoms with van der Waals surface area (Å²) in [5.74, 6) is 0.660. The molecule has 0 amide bonds. The molecule has 3 unspecified atom stereocenters. The first kappa shape index (κ1) is 14.1. The van der Waals surface area contributed by atoms with Gasteiger partial charge < -0.3 is 5.11 Å². The van der Waals surface area contributed by atoms with Crippen LogP contribution in [0.15, 0.2) is 18.3 Å². The van der Waals surface area contributed by atoms with Gasteiger partial charge in [0.2, 0.25) is 0 Å². The monoisotopic (exact) mass is 273 g/mol. The molecule has 2 heteroatoms. The van der Waals surface area contributed by atoms with Gasteiger partial charge in [-0.05, 0) is 54.1 Å². The summed E-state index contributed by atoms with van der Waals surface area (Å²) in [5.41, 5.74) is 1.73. The minimum atomic E-state index is -0.621. The molecular formula is C18H27NO. The summed E-state index contributed by atoms with van der Waals surface area (Å²) in [4.78, 5) is 4.58. The topological polar surface area (TPSA) is 33.1 Å². The quantitative estimate of drug-likeness (QED) is 0.909. The van der Waals surface area contributed by atoms with Crippen molar-refractivity contribution in [1.82, 2.24) is 4.98 Å². The van der Waals surface area contributed by atoms with E-state index in [0.717, 1.165) is 18.5 Å². The van der Waals surface area contributed by atoms with Crippen LogP contribution in [0.25, 0.3) is 0 Å². The molecule has 2 nitrogen and oxygen atoms in total. The maximum atomic E-state index is 11.5. The molecule has 3 atom stereocenters. The number of aliphatic hydroxyl groups is 1. The van der Waals surface area contributed by atoms with Gasteiger partial charge in [-0.15, -0.1) is 0 Å². The highest BCUT2D eigenvalue weighted by atomic mass is 16.3. The Bertz CT molecular complexity index is 500. The van der Waals surface area contributed by atoms with Crippen molar-refractivity contribution in [1.29, 1.82) is 0 Å².